The molecule has 0 saturated carbocycles. The number of anilines is 2. The van der Waals surface area contributed by atoms with E-state index >= 15 is 0 Å². The van der Waals surface area contributed by atoms with Crippen LogP contribution in [0.25, 0.3) is 0 Å². The van der Waals surface area contributed by atoms with Gasteiger partial charge in [0.25, 0.3) is 5.91 Å². The van der Waals surface area contributed by atoms with Crippen LogP contribution >= 0.6 is 0 Å². The summed E-state index contributed by atoms with van der Waals surface area (Å²) in [6.07, 6.45) is 0.461. The molecule has 2 heterocycles. The summed E-state index contributed by atoms with van der Waals surface area (Å²) in [7, 11) is -1.43. The predicted molar refractivity (Wildman–Crippen MR) is 105 cm³/mol. The molecule has 1 fully saturated rings. The van der Waals surface area contributed by atoms with Gasteiger partial charge in [0, 0.05) is 24.8 Å². The van der Waals surface area contributed by atoms with Crippen LogP contribution in [-0.2, 0) is 9.84 Å². The number of sulfone groups is 1. The van der Waals surface area contributed by atoms with Crippen molar-refractivity contribution >= 4 is 27.2 Å². The van der Waals surface area contributed by atoms with E-state index < -0.39 is 9.84 Å². The summed E-state index contributed by atoms with van der Waals surface area (Å²) in [5, 5.41) is 3.21. The number of carbonyl (C=O) groups excluding carboxylic acids is 1. The number of carbonyl (C=O) groups is 1. The van der Waals surface area contributed by atoms with Crippen LogP contribution in [0.15, 0.2) is 24.3 Å². The fraction of sp³-hybridized carbons (Fsp3) is 0.421. The Morgan fingerprint density at radius 1 is 1.15 bits per heavy atom. The Hall–Kier alpha value is -2.48. The van der Waals surface area contributed by atoms with Crippen molar-refractivity contribution < 1.29 is 13.2 Å². The maximum absolute atomic E-state index is 12.8. The molecule has 1 saturated heterocycles. The van der Waals surface area contributed by atoms with Crippen LogP contribution in [0.2, 0.25) is 0 Å². The van der Waals surface area contributed by atoms with E-state index in [-0.39, 0.29) is 29.1 Å². The Bertz CT molecular complexity index is 988. The summed E-state index contributed by atoms with van der Waals surface area (Å²) in [5.74, 6) is 0.831. The molecule has 0 aliphatic carbocycles. The van der Waals surface area contributed by atoms with Crippen LogP contribution in [0.5, 0.6) is 0 Å². The van der Waals surface area contributed by atoms with E-state index in [1.54, 1.807) is 20.0 Å². The van der Waals surface area contributed by atoms with Gasteiger partial charge in [-0.1, -0.05) is 6.07 Å². The predicted octanol–water partition coefficient (Wildman–Crippen LogP) is 2.40. The van der Waals surface area contributed by atoms with Gasteiger partial charge in [-0.05, 0) is 50.5 Å². The maximum atomic E-state index is 12.8. The number of benzene rings is 1. The summed E-state index contributed by atoms with van der Waals surface area (Å²) in [5.41, 5.74) is 3.48. The second-order valence-corrected chi connectivity index (χ2v) is 9.31. The molecule has 8 heteroatoms. The third kappa shape index (κ3) is 4.44. The third-order valence-corrected chi connectivity index (χ3v) is 6.66. The summed E-state index contributed by atoms with van der Waals surface area (Å²) >= 11 is 0. The summed E-state index contributed by atoms with van der Waals surface area (Å²) in [6, 6.07) is 7.28. The van der Waals surface area contributed by atoms with E-state index in [2.05, 4.69) is 15.3 Å². The van der Waals surface area contributed by atoms with Gasteiger partial charge in [-0.25, -0.2) is 18.4 Å². The maximum Gasteiger partial charge on any atom is 0.272 e. The highest BCUT2D eigenvalue weighted by Crippen LogP contribution is 2.21. The molecule has 3 rings (SSSR count). The SMILES string of the molecule is Cc1nc(Nc2ccc(C)c(C)c2)cc(C(=O)N(C)C2CCS(=O)(=O)C2)n1. The fourth-order valence-electron chi connectivity index (χ4n) is 3.14. The lowest BCUT2D eigenvalue weighted by Crippen LogP contribution is -2.38. The first-order chi connectivity index (χ1) is 12.6. The monoisotopic (exact) mass is 388 g/mol. The zero-order valence-corrected chi connectivity index (χ0v) is 16.8. The second-order valence-electron chi connectivity index (χ2n) is 7.08. The van der Waals surface area contributed by atoms with Crippen molar-refractivity contribution in [2.24, 2.45) is 0 Å². The third-order valence-electron chi connectivity index (χ3n) is 4.91. The number of nitrogens with one attached hydrogen (secondary N) is 1. The Morgan fingerprint density at radius 3 is 2.52 bits per heavy atom. The van der Waals surface area contributed by atoms with Crippen molar-refractivity contribution in [3.63, 3.8) is 0 Å². The van der Waals surface area contributed by atoms with Crippen LogP contribution in [-0.4, -0.2) is 53.8 Å². The van der Waals surface area contributed by atoms with Crippen molar-refractivity contribution in [3.05, 3.63) is 46.9 Å². The van der Waals surface area contributed by atoms with Gasteiger partial charge in [0.2, 0.25) is 0 Å². The number of aromatic nitrogens is 2. The lowest BCUT2D eigenvalue weighted by molar-refractivity contribution is 0.0741. The number of hydrogen-bond acceptors (Lipinski definition) is 6. The lowest BCUT2D eigenvalue weighted by atomic mass is 10.1. The van der Waals surface area contributed by atoms with Gasteiger partial charge in [-0.3, -0.25) is 4.79 Å². The van der Waals surface area contributed by atoms with E-state index in [1.165, 1.54) is 10.5 Å². The average Bonchev–Trinajstić information content (AvgIpc) is 2.96. The van der Waals surface area contributed by atoms with Crippen LogP contribution in [0, 0.1) is 20.8 Å². The van der Waals surface area contributed by atoms with E-state index in [0.29, 0.717) is 18.1 Å². The fourth-order valence-corrected chi connectivity index (χ4v) is 4.91. The molecule has 0 spiro atoms. The molecule has 1 aliphatic heterocycles. The molecule has 7 nitrogen and oxygen atoms in total. The largest absolute Gasteiger partial charge is 0.340 e. The van der Waals surface area contributed by atoms with Gasteiger partial charge in [0.05, 0.1) is 11.5 Å². The molecule has 1 aliphatic rings. The highest BCUT2D eigenvalue weighted by atomic mass is 32.2. The Morgan fingerprint density at radius 2 is 1.89 bits per heavy atom. The first-order valence-corrected chi connectivity index (χ1v) is 10.6. The smallest absolute Gasteiger partial charge is 0.272 e. The molecule has 27 heavy (non-hydrogen) atoms. The number of aryl methyl sites for hydroxylation is 3. The minimum Gasteiger partial charge on any atom is -0.340 e. The number of nitrogens with zero attached hydrogens (tertiary/aromatic N) is 3. The van der Waals surface area contributed by atoms with Gasteiger partial charge < -0.3 is 10.2 Å². The van der Waals surface area contributed by atoms with Crippen LogP contribution in [0.3, 0.4) is 0 Å². The normalized spacial score (nSPS) is 18.3. The molecule has 1 amide bonds. The molecule has 1 N–H and O–H groups in total. The Balaban J connectivity index is 1.82. The van der Waals surface area contributed by atoms with Crippen molar-refractivity contribution in [1.29, 1.82) is 0 Å². The van der Waals surface area contributed by atoms with E-state index in [0.717, 1.165) is 11.3 Å². The topological polar surface area (TPSA) is 92.3 Å². The standard InChI is InChI=1S/C19H24N4O3S/c1-12-5-6-15(9-13(12)2)22-18-10-17(20-14(3)21-18)19(24)23(4)16-7-8-27(25,26)11-16/h5-6,9-10,16H,7-8,11H2,1-4H3,(H,20,21,22). The molecular weight excluding hydrogens is 364 g/mol. The molecule has 0 bridgehead atoms. The average molecular weight is 388 g/mol. The van der Waals surface area contributed by atoms with E-state index in [4.69, 9.17) is 0 Å². The van der Waals surface area contributed by atoms with Crippen molar-refractivity contribution in [2.75, 3.05) is 23.9 Å². The summed E-state index contributed by atoms with van der Waals surface area (Å²) < 4.78 is 23.4. The molecule has 0 radical (unpaired) electrons. The van der Waals surface area contributed by atoms with E-state index in [1.807, 2.05) is 32.0 Å². The van der Waals surface area contributed by atoms with E-state index in [9.17, 15) is 13.2 Å². The molecule has 1 unspecified atom stereocenters. The van der Waals surface area contributed by atoms with Gasteiger partial charge >= 0.3 is 0 Å². The van der Waals surface area contributed by atoms with Gasteiger partial charge in [0.1, 0.15) is 17.3 Å². The Kier molecular flexibility index (Phi) is 5.19. The van der Waals surface area contributed by atoms with Crippen molar-refractivity contribution in [2.45, 2.75) is 33.2 Å². The molecule has 1 aromatic carbocycles. The molecule has 1 atom stereocenters. The van der Waals surface area contributed by atoms with Gasteiger partial charge in [0.15, 0.2) is 9.84 Å². The van der Waals surface area contributed by atoms with Crippen LogP contribution in [0.4, 0.5) is 11.5 Å². The van der Waals surface area contributed by atoms with Crippen molar-refractivity contribution in [1.82, 2.24) is 14.9 Å². The summed E-state index contributed by atoms with van der Waals surface area (Å²) in [6.45, 7) is 5.80. The minimum absolute atomic E-state index is 0.00700. The summed E-state index contributed by atoms with van der Waals surface area (Å²) in [4.78, 5) is 22.9. The number of amides is 1. The first-order valence-electron chi connectivity index (χ1n) is 8.82. The molecule has 1 aromatic heterocycles. The highest BCUT2D eigenvalue weighted by molar-refractivity contribution is 7.91. The van der Waals surface area contributed by atoms with Crippen molar-refractivity contribution in [3.8, 4) is 0 Å². The minimum atomic E-state index is -3.06. The highest BCUT2D eigenvalue weighted by Gasteiger charge is 2.33. The lowest BCUT2D eigenvalue weighted by Gasteiger charge is -2.23. The van der Waals surface area contributed by atoms with Crippen LogP contribution < -0.4 is 5.32 Å². The molecular formula is C19H24N4O3S. The Labute approximate surface area is 159 Å². The number of rotatable bonds is 4. The molecule has 144 valence electrons. The second kappa shape index (κ2) is 7.26. The quantitative estimate of drug-likeness (QED) is 0.865. The van der Waals surface area contributed by atoms with Gasteiger partial charge in [-0.15, -0.1) is 0 Å². The first kappa shape index (κ1) is 19.3. The zero-order valence-electron chi connectivity index (χ0n) is 16.0. The van der Waals surface area contributed by atoms with Crippen LogP contribution in [0.1, 0.15) is 33.9 Å². The number of hydrogen-bond donors (Lipinski definition) is 1. The van der Waals surface area contributed by atoms with Gasteiger partial charge in [-0.2, -0.15) is 0 Å². The zero-order chi connectivity index (χ0) is 19.8. The molecule has 2 aromatic rings.